The first-order chi connectivity index (χ1) is 9.24. The molecule has 0 saturated heterocycles. The molecule has 0 aliphatic carbocycles. The zero-order chi connectivity index (χ0) is 13.7. The van der Waals surface area contributed by atoms with Crippen LogP contribution in [0, 0.1) is 6.92 Å². The molecule has 100 valence electrons. The summed E-state index contributed by atoms with van der Waals surface area (Å²) in [5.74, 6) is 0.875. The van der Waals surface area contributed by atoms with E-state index in [1.165, 1.54) is 11.1 Å². The molecule has 3 nitrogen and oxygen atoms in total. The van der Waals surface area contributed by atoms with Crippen LogP contribution < -0.4 is 10.5 Å². The maximum absolute atomic E-state index is 5.56. The Hall–Kier alpha value is -1.52. The van der Waals surface area contributed by atoms with Crippen molar-refractivity contribution in [1.29, 1.82) is 0 Å². The van der Waals surface area contributed by atoms with Crippen molar-refractivity contribution in [2.75, 3.05) is 13.7 Å². The van der Waals surface area contributed by atoms with Gasteiger partial charge in [-0.05, 0) is 43.1 Å². The topological polar surface area (TPSA) is 48.1 Å². The summed E-state index contributed by atoms with van der Waals surface area (Å²) in [5.41, 5.74) is 7.91. The molecule has 1 aromatic heterocycles. The summed E-state index contributed by atoms with van der Waals surface area (Å²) in [4.78, 5) is 5.60. The predicted molar refractivity (Wildman–Crippen MR) is 78.8 cm³/mol. The summed E-state index contributed by atoms with van der Waals surface area (Å²) in [7, 11) is 1.68. The summed E-state index contributed by atoms with van der Waals surface area (Å²) < 4.78 is 5.35. The van der Waals surface area contributed by atoms with Gasteiger partial charge in [-0.15, -0.1) is 0 Å². The molecular weight excluding hydrogens is 256 g/mol. The molecule has 0 saturated carbocycles. The molecule has 0 radical (unpaired) electrons. The van der Waals surface area contributed by atoms with E-state index in [9.17, 15) is 0 Å². The number of benzene rings is 1. The highest BCUT2D eigenvalue weighted by molar-refractivity contribution is 7.99. The Labute approximate surface area is 118 Å². The molecule has 4 heteroatoms. The van der Waals surface area contributed by atoms with Crippen molar-refractivity contribution in [1.82, 2.24) is 4.98 Å². The number of nitrogens with two attached hydrogens (primary N) is 1. The molecule has 0 amide bonds. The van der Waals surface area contributed by atoms with Crippen molar-refractivity contribution in [2.24, 2.45) is 5.73 Å². The van der Waals surface area contributed by atoms with E-state index < -0.39 is 0 Å². The molecule has 19 heavy (non-hydrogen) atoms. The minimum atomic E-state index is 0.653. The average Bonchev–Trinajstić information content (AvgIpc) is 2.43. The molecule has 0 spiro atoms. The van der Waals surface area contributed by atoms with E-state index in [1.807, 2.05) is 30.5 Å². The molecule has 2 N–H and O–H groups in total. The number of nitrogens with zero attached hydrogens (tertiary/aromatic N) is 1. The van der Waals surface area contributed by atoms with Gasteiger partial charge in [-0.25, -0.2) is 4.98 Å². The fourth-order valence-electron chi connectivity index (χ4n) is 1.84. The van der Waals surface area contributed by atoms with Crippen LogP contribution in [0.3, 0.4) is 0 Å². The summed E-state index contributed by atoms with van der Waals surface area (Å²) in [6, 6.07) is 10.1. The number of pyridine rings is 1. The standard InChI is InChI=1S/C15H18N2OS/c1-11-9-12(7-8-16)10-17-15(11)19-14-6-4-3-5-13(14)18-2/h3-6,9-10H,7-8,16H2,1-2H3. The van der Waals surface area contributed by atoms with Crippen LogP contribution >= 0.6 is 11.8 Å². The van der Waals surface area contributed by atoms with E-state index >= 15 is 0 Å². The van der Waals surface area contributed by atoms with Crippen LogP contribution in [0.5, 0.6) is 5.75 Å². The smallest absolute Gasteiger partial charge is 0.132 e. The highest BCUT2D eigenvalue weighted by Crippen LogP contribution is 2.35. The normalized spacial score (nSPS) is 10.5. The number of aromatic nitrogens is 1. The molecule has 0 atom stereocenters. The number of hydrogen-bond donors (Lipinski definition) is 1. The van der Waals surface area contributed by atoms with E-state index in [-0.39, 0.29) is 0 Å². The molecule has 2 aromatic rings. The second kappa shape index (κ2) is 6.59. The van der Waals surface area contributed by atoms with E-state index in [1.54, 1.807) is 18.9 Å². The largest absolute Gasteiger partial charge is 0.496 e. The fourth-order valence-corrected chi connectivity index (χ4v) is 2.77. The Morgan fingerprint density at radius 3 is 2.79 bits per heavy atom. The minimum absolute atomic E-state index is 0.653. The van der Waals surface area contributed by atoms with Crippen LogP contribution in [0.15, 0.2) is 46.5 Å². The summed E-state index contributed by atoms with van der Waals surface area (Å²) in [5, 5.41) is 1.00. The predicted octanol–water partition coefficient (Wildman–Crippen LogP) is 3.05. The molecule has 2 rings (SSSR count). The van der Waals surface area contributed by atoms with Gasteiger partial charge in [0, 0.05) is 6.20 Å². The monoisotopic (exact) mass is 274 g/mol. The van der Waals surface area contributed by atoms with Crippen LogP contribution in [-0.2, 0) is 6.42 Å². The third-order valence-electron chi connectivity index (χ3n) is 2.80. The third-order valence-corrected chi connectivity index (χ3v) is 3.97. The van der Waals surface area contributed by atoms with Crippen molar-refractivity contribution in [3.05, 3.63) is 47.7 Å². The van der Waals surface area contributed by atoms with Gasteiger partial charge in [-0.2, -0.15) is 0 Å². The lowest BCUT2D eigenvalue weighted by atomic mass is 10.2. The van der Waals surface area contributed by atoms with Gasteiger partial charge >= 0.3 is 0 Å². The first kappa shape index (κ1) is 13.9. The van der Waals surface area contributed by atoms with Crippen LogP contribution in [0.25, 0.3) is 0 Å². The van der Waals surface area contributed by atoms with Gasteiger partial charge < -0.3 is 10.5 Å². The minimum Gasteiger partial charge on any atom is -0.496 e. The van der Waals surface area contributed by atoms with Crippen molar-refractivity contribution in [3.8, 4) is 5.75 Å². The van der Waals surface area contributed by atoms with Gasteiger partial charge in [0.1, 0.15) is 10.8 Å². The molecule has 0 aliphatic rings. The lowest BCUT2D eigenvalue weighted by Gasteiger charge is -2.09. The van der Waals surface area contributed by atoms with E-state index in [4.69, 9.17) is 10.5 Å². The number of ether oxygens (including phenoxy) is 1. The van der Waals surface area contributed by atoms with Gasteiger partial charge in [0.2, 0.25) is 0 Å². The van der Waals surface area contributed by atoms with E-state index in [0.717, 1.165) is 22.1 Å². The third kappa shape index (κ3) is 3.49. The zero-order valence-corrected chi connectivity index (χ0v) is 12.0. The number of hydrogen-bond acceptors (Lipinski definition) is 4. The van der Waals surface area contributed by atoms with Crippen molar-refractivity contribution < 1.29 is 4.74 Å². The maximum atomic E-state index is 5.56. The van der Waals surface area contributed by atoms with Gasteiger partial charge in [0.05, 0.1) is 12.0 Å². The fraction of sp³-hybridized carbons (Fsp3) is 0.267. The van der Waals surface area contributed by atoms with E-state index in [0.29, 0.717) is 6.54 Å². The Balaban J connectivity index is 2.23. The first-order valence-corrected chi connectivity index (χ1v) is 7.02. The molecule has 0 bridgehead atoms. The highest BCUT2D eigenvalue weighted by Gasteiger charge is 2.08. The number of rotatable bonds is 5. The Morgan fingerprint density at radius 1 is 1.32 bits per heavy atom. The van der Waals surface area contributed by atoms with Crippen LogP contribution in [0.1, 0.15) is 11.1 Å². The molecule has 0 unspecified atom stereocenters. The highest BCUT2D eigenvalue weighted by atomic mass is 32.2. The average molecular weight is 274 g/mol. The SMILES string of the molecule is COc1ccccc1Sc1ncc(CCN)cc1C. The molecule has 0 aliphatic heterocycles. The molecular formula is C15H18N2OS. The number of para-hydroxylation sites is 1. The van der Waals surface area contributed by atoms with Crippen LogP contribution in [-0.4, -0.2) is 18.6 Å². The lowest BCUT2D eigenvalue weighted by Crippen LogP contribution is -2.03. The van der Waals surface area contributed by atoms with Gasteiger partial charge in [-0.3, -0.25) is 0 Å². The van der Waals surface area contributed by atoms with Crippen LogP contribution in [0.4, 0.5) is 0 Å². The van der Waals surface area contributed by atoms with Crippen molar-refractivity contribution >= 4 is 11.8 Å². The maximum Gasteiger partial charge on any atom is 0.132 e. The van der Waals surface area contributed by atoms with Gasteiger partial charge in [0.25, 0.3) is 0 Å². The molecule has 1 heterocycles. The molecule has 0 fully saturated rings. The second-order valence-electron chi connectivity index (χ2n) is 4.26. The quantitative estimate of drug-likeness (QED) is 0.910. The molecule has 1 aromatic carbocycles. The first-order valence-electron chi connectivity index (χ1n) is 6.21. The van der Waals surface area contributed by atoms with E-state index in [2.05, 4.69) is 18.0 Å². The number of aryl methyl sites for hydroxylation is 1. The Morgan fingerprint density at radius 2 is 2.11 bits per heavy atom. The zero-order valence-electron chi connectivity index (χ0n) is 11.2. The summed E-state index contributed by atoms with van der Waals surface area (Å²) >= 11 is 1.62. The number of methoxy groups -OCH3 is 1. The Bertz CT molecular complexity index is 558. The summed E-state index contributed by atoms with van der Waals surface area (Å²) in [6.45, 7) is 2.73. The van der Waals surface area contributed by atoms with Crippen LogP contribution in [0.2, 0.25) is 0 Å². The second-order valence-corrected chi connectivity index (χ2v) is 5.29. The Kier molecular flexibility index (Phi) is 4.82. The van der Waals surface area contributed by atoms with Gasteiger partial charge in [0.15, 0.2) is 0 Å². The lowest BCUT2D eigenvalue weighted by molar-refractivity contribution is 0.405. The van der Waals surface area contributed by atoms with Gasteiger partial charge in [-0.1, -0.05) is 30.0 Å². The van der Waals surface area contributed by atoms with Crippen molar-refractivity contribution in [2.45, 2.75) is 23.3 Å². The van der Waals surface area contributed by atoms with Crippen molar-refractivity contribution in [3.63, 3.8) is 0 Å². The summed E-state index contributed by atoms with van der Waals surface area (Å²) in [6.07, 6.45) is 2.77.